The molecule has 1 aromatic rings. The van der Waals surface area contributed by atoms with Crippen LogP contribution in [-0.4, -0.2) is 37.2 Å². The largest absolute Gasteiger partial charge is 0.467 e. The summed E-state index contributed by atoms with van der Waals surface area (Å²) >= 11 is 0. The summed E-state index contributed by atoms with van der Waals surface area (Å²) in [7, 11) is 1.25. The maximum atomic E-state index is 12.3. The second-order valence-corrected chi connectivity index (χ2v) is 6.14. The number of nitrogens with one attached hydrogen (secondary N) is 2. The molecule has 1 aromatic carbocycles. The van der Waals surface area contributed by atoms with Crippen molar-refractivity contribution in [2.24, 2.45) is 5.92 Å². The standard InChI is InChI=1S/C18H26N2O5/c1-12(2)10-15(16(21)19-13(3)17(22)24-4)20-18(23)25-11-14-8-6-5-7-9-14/h5-9,12-13,15H,10-11H2,1-4H3,(H,19,21)(H,20,23)/t13-,15+/m1/s1. The van der Waals surface area contributed by atoms with E-state index in [2.05, 4.69) is 15.4 Å². The molecule has 7 heteroatoms. The topological polar surface area (TPSA) is 93.7 Å². The molecule has 0 unspecified atom stereocenters. The van der Waals surface area contributed by atoms with E-state index in [9.17, 15) is 14.4 Å². The van der Waals surface area contributed by atoms with Crippen LogP contribution in [0.5, 0.6) is 0 Å². The Morgan fingerprint density at radius 1 is 1.04 bits per heavy atom. The summed E-state index contributed by atoms with van der Waals surface area (Å²) in [5.41, 5.74) is 0.849. The first-order valence-corrected chi connectivity index (χ1v) is 8.19. The summed E-state index contributed by atoms with van der Waals surface area (Å²) in [5.74, 6) is -0.842. The van der Waals surface area contributed by atoms with Crippen LogP contribution in [0.3, 0.4) is 0 Å². The zero-order valence-electron chi connectivity index (χ0n) is 15.1. The normalized spacial score (nSPS) is 12.8. The molecule has 1 rings (SSSR count). The predicted octanol–water partition coefficient (Wildman–Crippen LogP) is 2.01. The highest BCUT2D eigenvalue weighted by Crippen LogP contribution is 2.07. The molecule has 0 heterocycles. The zero-order chi connectivity index (χ0) is 18.8. The van der Waals surface area contributed by atoms with Gasteiger partial charge in [-0.15, -0.1) is 0 Å². The fourth-order valence-corrected chi connectivity index (χ4v) is 2.16. The molecule has 25 heavy (non-hydrogen) atoms. The van der Waals surface area contributed by atoms with Gasteiger partial charge in [0.2, 0.25) is 5.91 Å². The Hall–Kier alpha value is -2.57. The van der Waals surface area contributed by atoms with Gasteiger partial charge >= 0.3 is 12.1 Å². The summed E-state index contributed by atoms with van der Waals surface area (Å²) < 4.78 is 9.72. The Morgan fingerprint density at radius 2 is 1.68 bits per heavy atom. The molecule has 0 aliphatic rings. The van der Waals surface area contributed by atoms with Gasteiger partial charge in [-0.1, -0.05) is 44.2 Å². The maximum Gasteiger partial charge on any atom is 0.408 e. The van der Waals surface area contributed by atoms with Gasteiger partial charge in [0, 0.05) is 0 Å². The minimum absolute atomic E-state index is 0.112. The monoisotopic (exact) mass is 350 g/mol. The molecule has 2 atom stereocenters. The van der Waals surface area contributed by atoms with Crippen molar-refractivity contribution < 1.29 is 23.9 Å². The van der Waals surface area contributed by atoms with E-state index in [4.69, 9.17) is 4.74 Å². The van der Waals surface area contributed by atoms with E-state index in [1.807, 2.05) is 44.2 Å². The smallest absolute Gasteiger partial charge is 0.408 e. The highest BCUT2D eigenvalue weighted by molar-refractivity contribution is 5.89. The van der Waals surface area contributed by atoms with Gasteiger partial charge in [0.15, 0.2) is 0 Å². The number of ether oxygens (including phenoxy) is 2. The predicted molar refractivity (Wildman–Crippen MR) is 92.6 cm³/mol. The van der Waals surface area contributed by atoms with Crippen molar-refractivity contribution in [3.8, 4) is 0 Å². The number of hydrogen-bond donors (Lipinski definition) is 2. The number of amides is 2. The average Bonchev–Trinajstić information content (AvgIpc) is 2.59. The maximum absolute atomic E-state index is 12.3. The van der Waals surface area contributed by atoms with Crippen LogP contribution in [0.1, 0.15) is 32.8 Å². The van der Waals surface area contributed by atoms with Gasteiger partial charge in [-0.25, -0.2) is 9.59 Å². The number of carbonyl (C=O) groups is 3. The molecule has 0 aliphatic heterocycles. The first-order chi connectivity index (χ1) is 11.8. The van der Waals surface area contributed by atoms with Crippen LogP contribution in [0, 0.1) is 5.92 Å². The van der Waals surface area contributed by atoms with Crippen LogP contribution in [0.15, 0.2) is 30.3 Å². The minimum atomic E-state index is -0.797. The Balaban J connectivity index is 2.60. The summed E-state index contributed by atoms with van der Waals surface area (Å²) in [4.78, 5) is 35.7. The van der Waals surface area contributed by atoms with Crippen LogP contribution in [0.25, 0.3) is 0 Å². The number of esters is 1. The molecule has 0 bridgehead atoms. The molecule has 0 radical (unpaired) electrons. The van der Waals surface area contributed by atoms with Crippen LogP contribution >= 0.6 is 0 Å². The van der Waals surface area contributed by atoms with E-state index in [0.29, 0.717) is 6.42 Å². The number of rotatable bonds is 8. The molecular formula is C18H26N2O5. The van der Waals surface area contributed by atoms with Crippen molar-refractivity contribution in [2.75, 3.05) is 7.11 Å². The van der Waals surface area contributed by atoms with E-state index in [0.717, 1.165) is 5.56 Å². The Kier molecular flexibility index (Phi) is 8.46. The van der Waals surface area contributed by atoms with Crippen LogP contribution in [0.4, 0.5) is 4.79 Å². The number of carbonyl (C=O) groups excluding carboxylic acids is 3. The third-order valence-electron chi connectivity index (χ3n) is 3.44. The Bertz CT molecular complexity index is 574. The SMILES string of the molecule is COC(=O)[C@@H](C)NC(=O)[C@H](CC(C)C)NC(=O)OCc1ccccc1. The first-order valence-electron chi connectivity index (χ1n) is 8.19. The van der Waals surface area contributed by atoms with E-state index >= 15 is 0 Å². The van der Waals surface area contributed by atoms with Crippen molar-refractivity contribution in [1.29, 1.82) is 0 Å². The van der Waals surface area contributed by atoms with Crippen LogP contribution in [-0.2, 0) is 25.7 Å². The molecule has 2 N–H and O–H groups in total. The number of methoxy groups -OCH3 is 1. The second kappa shape index (κ2) is 10.3. The molecule has 7 nitrogen and oxygen atoms in total. The fraction of sp³-hybridized carbons (Fsp3) is 0.500. The lowest BCUT2D eigenvalue weighted by molar-refractivity contribution is -0.144. The summed E-state index contributed by atoms with van der Waals surface area (Å²) in [6, 6.07) is 7.65. The molecule has 0 fully saturated rings. The van der Waals surface area contributed by atoms with Crippen molar-refractivity contribution in [1.82, 2.24) is 10.6 Å². The molecule has 0 saturated carbocycles. The molecular weight excluding hydrogens is 324 g/mol. The van der Waals surface area contributed by atoms with Gasteiger partial charge in [-0.2, -0.15) is 0 Å². The number of alkyl carbamates (subject to hydrolysis) is 1. The Labute approximate surface area is 148 Å². The van der Waals surface area contributed by atoms with Crippen molar-refractivity contribution in [3.63, 3.8) is 0 Å². The lowest BCUT2D eigenvalue weighted by Gasteiger charge is -2.21. The molecule has 0 aliphatic carbocycles. The van der Waals surface area contributed by atoms with E-state index in [1.165, 1.54) is 14.0 Å². The quantitative estimate of drug-likeness (QED) is 0.700. The second-order valence-electron chi connectivity index (χ2n) is 6.14. The van der Waals surface area contributed by atoms with Gasteiger partial charge in [0.05, 0.1) is 7.11 Å². The van der Waals surface area contributed by atoms with Gasteiger partial charge in [0.25, 0.3) is 0 Å². The molecule has 0 saturated heterocycles. The summed E-state index contributed by atoms with van der Waals surface area (Å²) in [6.07, 6.45) is -0.268. The van der Waals surface area contributed by atoms with E-state index < -0.39 is 30.1 Å². The Morgan fingerprint density at radius 3 is 2.24 bits per heavy atom. The highest BCUT2D eigenvalue weighted by atomic mass is 16.5. The van der Waals surface area contributed by atoms with Gasteiger partial charge in [0.1, 0.15) is 18.7 Å². The molecule has 0 aromatic heterocycles. The van der Waals surface area contributed by atoms with E-state index in [-0.39, 0.29) is 12.5 Å². The third-order valence-corrected chi connectivity index (χ3v) is 3.44. The van der Waals surface area contributed by atoms with Crippen molar-refractivity contribution in [2.45, 2.75) is 45.9 Å². The lowest BCUT2D eigenvalue weighted by atomic mass is 10.0. The average molecular weight is 350 g/mol. The zero-order valence-corrected chi connectivity index (χ0v) is 15.1. The molecule has 138 valence electrons. The van der Waals surface area contributed by atoms with Crippen molar-refractivity contribution >= 4 is 18.0 Å². The van der Waals surface area contributed by atoms with Crippen molar-refractivity contribution in [3.05, 3.63) is 35.9 Å². The van der Waals surface area contributed by atoms with Gasteiger partial charge in [-0.05, 0) is 24.8 Å². The molecule has 0 spiro atoms. The number of hydrogen-bond acceptors (Lipinski definition) is 5. The third kappa shape index (κ3) is 7.69. The lowest BCUT2D eigenvalue weighted by Crippen LogP contribution is -2.51. The van der Waals surface area contributed by atoms with Crippen LogP contribution < -0.4 is 10.6 Å². The highest BCUT2D eigenvalue weighted by Gasteiger charge is 2.25. The van der Waals surface area contributed by atoms with Crippen LogP contribution in [0.2, 0.25) is 0 Å². The van der Waals surface area contributed by atoms with Gasteiger partial charge < -0.3 is 20.1 Å². The fourth-order valence-electron chi connectivity index (χ4n) is 2.16. The minimum Gasteiger partial charge on any atom is -0.467 e. The summed E-state index contributed by atoms with van der Waals surface area (Å²) in [6.45, 7) is 5.49. The van der Waals surface area contributed by atoms with E-state index in [1.54, 1.807) is 0 Å². The first kappa shape index (κ1) is 20.5. The van der Waals surface area contributed by atoms with Gasteiger partial charge in [-0.3, -0.25) is 4.79 Å². The molecule has 2 amide bonds. The number of benzene rings is 1. The summed E-state index contributed by atoms with van der Waals surface area (Å²) in [5, 5.41) is 5.09.